The van der Waals surface area contributed by atoms with Crippen LogP contribution in [-0.4, -0.2) is 46.6 Å². The molecule has 0 aliphatic rings. The molecule has 13 heteroatoms. The van der Waals surface area contributed by atoms with E-state index in [4.69, 9.17) is 25.5 Å². The standard InChI is InChI=1S/C32H31N5O6S2/c33-12-11-21-18-36-31-9-3-22(15-27(21)31)42-13-14-43-23-4-10-32-29(16-23)30(19-37-32)28-17-25(45(35,40)41)7-8-26(28)20-1-5-24(6-2-20)44(34,38)39/h1-10,15-19,36-37H,11-14,33H2,(H2,34,38,39)(H2,35,40,41). The number of aromatic amines is 2. The molecule has 0 spiro atoms. The minimum Gasteiger partial charge on any atom is -0.490 e. The topological polar surface area (TPSA) is 196 Å². The lowest BCUT2D eigenvalue weighted by Gasteiger charge is -2.13. The molecule has 0 radical (unpaired) electrons. The number of hydrogen-bond acceptors (Lipinski definition) is 7. The molecular formula is C32H31N5O6S2. The first-order chi connectivity index (χ1) is 21.5. The van der Waals surface area contributed by atoms with Crippen LogP contribution in [0.2, 0.25) is 0 Å². The molecule has 232 valence electrons. The van der Waals surface area contributed by atoms with Crippen molar-refractivity contribution in [3.05, 3.63) is 96.8 Å². The van der Waals surface area contributed by atoms with Crippen molar-refractivity contribution in [3.8, 4) is 33.8 Å². The highest BCUT2D eigenvalue weighted by Gasteiger charge is 2.18. The third-order valence-electron chi connectivity index (χ3n) is 7.53. The number of H-pyrrole nitrogens is 2. The predicted octanol–water partition coefficient (Wildman–Crippen LogP) is 4.24. The van der Waals surface area contributed by atoms with Gasteiger partial charge < -0.3 is 25.2 Å². The Kier molecular flexibility index (Phi) is 8.12. The van der Waals surface area contributed by atoms with Gasteiger partial charge in [-0.15, -0.1) is 0 Å². The number of primary sulfonamides is 2. The molecule has 0 atom stereocenters. The van der Waals surface area contributed by atoms with Crippen LogP contribution in [0.25, 0.3) is 44.1 Å². The second-order valence-corrected chi connectivity index (χ2v) is 13.6. The number of nitrogens with one attached hydrogen (secondary N) is 2. The number of hydrogen-bond donors (Lipinski definition) is 5. The van der Waals surface area contributed by atoms with Gasteiger partial charge in [0.2, 0.25) is 20.0 Å². The highest BCUT2D eigenvalue weighted by molar-refractivity contribution is 7.89. The Hall–Kier alpha value is -4.66. The van der Waals surface area contributed by atoms with Gasteiger partial charge in [-0.3, -0.25) is 0 Å². The van der Waals surface area contributed by atoms with Crippen LogP contribution in [0.5, 0.6) is 11.5 Å². The monoisotopic (exact) mass is 645 g/mol. The Balaban J connectivity index is 1.26. The van der Waals surface area contributed by atoms with Gasteiger partial charge in [0.1, 0.15) is 24.7 Å². The normalized spacial score (nSPS) is 12.2. The average Bonchev–Trinajstić information content (AvgIpc) is 3.62. The van der Waals surface area contributed by atoms with Gasteiger partial charge in [0.05, 0.1) is 9.79 Å². The van der Waals surface area contributed by atoms with Crippen LogP contribution < -0.4 is 25.5 Å². The molecule has 0 aliphatic heterocycles. The molecule has 0 fully saturated rings. The van der Waals surface area contributed by atoms with Gasteiger partial charge in [-0.2, -0.15) is 0 Å². The summed E-state index contributed by atoms with van der Waals surface area (Å²) in [7, 11) is -7.89. The number of sulfonamides is 2. The molecule has 11 nitrogen and oxygen atoms in total. The fourth-order valence-corrected chi connectivity index (χ4v) is 6.40. The van der Waals surface area contributed by atoms with E-state index in [0.29, 0.717) is 41.2 Å². The van der Waals surface area contributed by atoms with Gasteiger partial charge in [0.15, 0.2) is 0 Å². The summed E-state index contributed by atoms with van der Waals surface area (Å²) in [6, 6.07) is 22.0. The highest BCUT2D eigenvalue weighted by atomic mass is 32.2. The van der Waals surface area contributed by atoms with Crippen LogP contribution in [0.3, 0.4) is 0 Å². The van der Waals surface area contributed by atoms with Crippen molar-refractivity contribution in [3.63, 3.8) is 0 Å². The maximum absolute atomic E-state index is 12.3. The zero-order valence-corrected chi connectivity index (χ0v) is 25.6. The molecule has 4 aromatic carbocycles. The summed E-state index contributed by atoms with van der Waals surface area (Å²) in [5.41, 5.74) is 11.3. The van der Waals surface area contributed by atoms with E-state index >= 15 is 0 Å². The lowest BCUT2D eigenvalue weighted by molar-refractivity contribution is 0.217. The van der Waals surface area contributed by atoms with E-state index in [9.17, 15) is 16.8 Å². The summed E-state index contributed by atoms with van der Waals surface area (Å²) < 4.78 is 60.1. The van der Waals surface area contributed by atoms with E-state index in [2.05, 4.69) is 9.97 Å². The quantitative estimate of drug-likeness (QED) is 0.130. The van der Waals surface area contributed by atoms with Gasteiger partial charge >= 0.3 is 0 Å². The molecule has 2 heterocycles. The SMILES string of the molecule is NCCc1c[nH]c2ccc(OCCOc3ccc4[nH]cc(-c5cc(S(N)(=O)=O)ccc5-c5ccc(S(N)(=O)=O)cc5)c4c3)cc12. The summed E-state index contributed by atoms with van der Waals surface area (Å²) in [6.45, 7) is 1.16. The smallest absolute Gasteiger partial charge is 0.238 e. The molecule has 45 heavy (non-hydrogen) atoms. The maximum Gasteiger partial charge on any atom is 0.238 e. The second kappa shape index (κ2) is 12.0. The minimum absolute atomic E-state index is 0.0341. The average molecular weight is 646 g/mol. The summed E-state index contributed by atoms with van der Waals surface area (Å²) in [6.07, 6.45) is 4.51. The van der Waals surface area contributed by atoms with Crippen LogP contribution >= 0.6 is 0 Å². The van der Waals surface area contributed by atoms with Crippen LogP contribution in [-0.2, 0) is 26.5 Å². The van der Waals surface area contributed by atoms with Crippen molar-refractivity contribution < 1.29 is 26.3 Å². The summed E-state index contributed by atoms with van der Waals surface area (Å²) in [5.74, 6) is 1.33. The van der Waals surface area contributed by atoms with E-state index in [-0.39, 0.29) is 16.4 Å². The van der Waals surface area contributed by atoms with Crippen molar-refractivity contribution in [2.45, 2.75) is 16.2 Å². The van der Waals surface area contributed by atoms with Crippen molar-refractivity contribution in [1.82, 2.24) is 9.97 Å². The first-order valence-corrected chi connectivity index (χ1v) is 17.1. The van der Waals surface area contributed by atoms with Gasteiger partial charge in [-0.05, 0) is 95.9 Å². The fraction of sp³-hybridized carbons (Fsp3) is 0.125. The zero-order valence-electron chi connectivity index (χ0n) is 24.0. The maximum atomic E-state index is 12.3. The lowest BCUT2D eigenvalue weighted by atomic mass is 9.94. The van der Waals surface area contributed by atoms with Crippen LogP contribution in [0, 0.1) is 0 Å². The van der Waals surface area contributed by atoms with Gasteiger partial charge in [-0.25, -0.2) is 27.1 Å². The molecular weight excluding hydrogens is 615 g/mol. The molecule has 8 N–H and O–H groups in total. The molecule has 0 saturated carbocycles. The first kappa shape index (κ1) is 30.4. The summed E-state index contributed by atoms with van der Waals surface area (Å²) in [5, 5.41) is 12.6. The molecule has 6 rings (SSSR count). The van der Waals surface area contributed by atoms with Crippen LogP contribution in [0.1, 0.15) is 5.56 Å². The minimum atomic E-state index is -4.01. The summed E-state index contributed by atoms with van der Waals surface area (Å²) >= 11 is 0. The van der Waals surface area contributed by atoms with E-state index in [1.165, 1.54) is 24.3 Å². The van der Waals surface area contributed by atoms with E-state index in [1.54, 1.807) is 24.4 Å². The van der Waals surface area contributed by atoms with Gasteiger partial charge in [-0.1, -0.05) is 18.2 Å². The number of rotatable bonds is 11. The van der Waals surface area contributed by atoms with Crippen molar-refractivity contribution in [2.24, 2.45) is 16.0 Å². The molecule has 2 aromatic heterocycles. The molecule has 0 unspecified atom stereocenters. The van der Waals surface area contributed by atoms with Crippen molar-refractivity contribution in [1.29, 1.82) is 0 Å². The summed E-state index contributed by atoms with van der Waals surface area (Å²) in [4.78, 5) is 6.38. The number of aromatic nitrogens is 2. The van der Waals surface area contributed by atoms with E-state index in [1.807, 2.05) is 42.6 Å². The van der Waals surface area contributed by atoms with Crippen LogP contribution in [0.4, 0.5) is 0 Å². The van der Waals surface area contributed by atoms with Gasteiger partial charge in [0.25, 0.3) is 0 Å². The molecule has 6 aromatic rings. The fourth-order valence-electron chi connectivity index (χ4n) is 5.34. The number of fused-ring (bicyclic) bond motifs is 2. The number of ether oxygens (including phenoxy) is 2. The molecule has 0 aliphatic carbocycles. The Bertz CT molecular complexity index is 2240. The Morgan fingerprint density at radius 1 is 0.600 bits per heavy atom. The third-order valence-corrected chi connectivity index (χ3v) is 9.37. The Labute approximate surface area is 260 Å². The van der Waals surface area contributed by atoms with Crippen molar-refractivity contribution in [2.75, 3.05) is 19.8 Å². The Morgan fingerprint density at radius 3 is 1.80 bits per heavy atom. The van der Waals surface area contributed by atoms with Gasteiger partial charge in [0, 0.05) is 39.8 Å². The highest BCUT2D eigenvalue weighted by Crippen LogP contribution is 2.39. The lowest BCUT2D eigenvalue weighted by Crippen LogP contribution is -2.12. The first-order valence-electron chi connectivity index (χ1n) is 14.0. The zero-order chi connectivity index (χ0) is 31.8. The Morgan fingerprint density at radius 2 is 1.18 bits per heavy atom. The molecule has 0 saturated heterocycles. The number of nitrogens with two attached hydrogens (primary N) is 3. The second-order valence-electron chi connectivity index (χ2n) is 10.5. The van der Waals surface area contributed by atoms with Crippen LogP contribution in [0.15, 0.2) is 101 Å². The molecule has 0 amide bonds. The molecule has 0 bridgehead atoms. The predicted molar refractivity (Wildman–Crippen MR) is 174 cm³/mol. The third kappa shape index (κ3) is 6.43. The van der Waals surface area contributed by atoms with Crippen molar-refractivity contribution >= 4 is 41.9 Å². The largest absolute Gasteiger partial charge is 0.490 e. The van der Waals surface area contributed by atoms with E-state index < -0.39 is 20.0 Å². The van der Waals surface area contributed by atoms with E-state index in [0.717, 1.165) is 39.5 Å². The number of benzene rings is 4.